The second-order valence-corrected chi connectivity index (χ2v) is 5.98. The minimum Gasteiger partial charge on any atom is -0.457 e. The van der Waals surface area contributed by atoms with E-state index in [2.05, 4.69) is 5.32 Å². The van der Waals surface area contributed by atoms with Crippen molar-refractivity contribution < 1.29 is 14.6 Å². The molecule has 1 saturated heterocycles. The fourth-order valence-corrected chi connectivity index (χ4v) is 2.75. The third-order valence-electron chi connectivity index (χ3n) is 4.24. The van der Waals surface area contributed by atoms with Crippen LogP contribution in [0.4, 0.5) is 10.5 Å². The summed E-state index contributed by atoms with van der Waals surface area (Å²) < 4.78 is 5.73. The third kappa shape index (κ3) is 4.26. The van der Waals surface area contributed by atoms with E-state index in [0.717, 1.165) is 30.0 Å². The quantitative estimate of drug-likeness (QED) is 0.900. The molecule has 0 spiro atoms. The highest BCUT2D eigenvalue weighted by Crippen LogP contribution is 2.23. The molecule has 0 radical (unpaired) electrons. The molecule has 0 atom stereocenters. The van der Waals surface area contributed by atoms with Gasteiger partial charge in [-0.3, -0.25) is 0 Å². The molecule has 0 aromatic heterocycles. The summed E-state index contributed by atoms with van der Waals surface area (Å²) in [6.45, 7) is 1.58. The lowest BCUT2D eigenvalue weighted by atomic mass is 9.98. The summed E-state index contributed by atoms with van der Waals surface area (Å²) in [4.78, 5) is 14.1. The van der Waals surface area contributed by atoms with Crippen LogP contribution in [0.3, 0.4) is 0 Å². The Labute approximate surface area is 141 Å². The smallest absolute Gasteiger partial charge is 0.321 e. The number of hydrogen-bond acceptors (Lipinski definition) is 3. The summed E-state index contributed by atoms with van der Waals surface area (Å²) in [5.41, 5.74) is 0.740. The highest BCUT2D eigenvalue weighted by molar-refractivity contribution is 5.89. The van der Waals surface area contributed by atoms with Crippen LogP contribution in [0, 0.1) is 5.92 Å². The van der Waals surface area contributed by atoms with Gasteiger partial charge < -0.3 is 20.1 Å². The Balaban J connectivity index is 1.53. The van der Waals surface area contributed by atoms with E-state index in [0.29, 0.717) is 19.0 Å². The molecule has 1 aliphatic heterocycles. The Morgan fingerprint density at radius 1 is 1.04 bits per heavy atom. The van der Waals surface area contributed by atoms with Gasteiger partial charge in [0, 0.05) is 25.4 Å². The highest BCUT2D eigenvalue weighted by atomic mass is 16.5. The maximum Gasteiger partial charge on any atom is 0.321 e. The number of urea groups is 1. The monoisotopic (exact) mass is 326 g/mol. The zero-order valence-electron chi connectivity index (χ0n) is 13.5. The van der Waals surface area contributed by atoms with Crippen LogP contribution in [0.2, 0.25) is 0 Å². The molecule has 3 rings (SSSR count). The van der Waals surface area contributed by atoms with E-state index in [1.165, 1.54) is 0 Å². The molecule has 2 aromatic rings. The molecule has 0 bridgehead atoms. The van der Waals surface area contributed by atoms with Gasteiger partial charge in [-0.2, -0.15) is 0 Å². The molecule has 126 valence electrons. The molecule has 2 amide bonds. The number of carbonyl (C=O) groups excluding carboxylic acids is 1. The van der Waals surface area contributed by atoms with Gasteiger partial charge in [0.25, 0.3) is 0 Å². The fourth-order valence-electron chi connectivity index (χ4n) is 2.75. The van der Waals surface area contributed by atoms with Gasteiger partial charge in [-0.1, -0.05) is 18.2 Å². The summed E-state index contributed by atoms with van der Waals surface area (Å²) in [5, 5.41) is 12.1. The van der Waals surface area contributed by atoms with Crippen LogP contribution in [0.5, 0.6) is 11.5 Å². The zero-order valence-corrected chi connectivity index (χ0v) is 13.5. The molecule has 5 nitrogen and oxygen atoms in total. The van der Waals surface area contributed by atoms with Gasteiger partial charge in [-0.25, -0.2) is 4.79 Å². The number of anilines is 1. The van der Waals surface area contributed by atoms with Crippen molar-refractivity contribution >= 4 is 11.7 Å². The van der Waals surface area contributed by atoms with E-state index < -0.39 is 0 Å². The molecule has 1 fully saturated rings. The first kappa shape index (κ1) is 16.3. The van der Waals surface area contributed by atoms with Crippen molar-refractivity contribution in [1.29, 1.82) is 0 Å². The molecular formula is C19H22N2O3. The number of benzene rings is 2. The van der Waals surface area contributed by atoms with Crippen molar-refractivity contribution in [3.8, 4) is 11.5 Å². The number of likely N-dealkylation sites (tertiary alicyclic amines) is 1. The van der Waals surface area contributed by atoms with Crippen molar-refractivity contribution in [3.63, 3.8) is 0 Å². The van der Waals surface area contributed by atoms with Crippen LogP contribution in [-0.4, -0.2) is 35.7 Å². The number of piperidine rings is 1. The fraction of sp³-hybridized carbons (Fsp3) is 0.316. The second-order valence-electron chi connectivity index (χ2n) is 5.98. The number of aliphatic hydroxyl groups excluding tert-OH is 1. The average molecular weight is 326 g/mol. The van der Waals surface area contributed by atoms with Gasteiger partial charge in [-0.15, -0.1) is 0 Å². The molecule has 1 heterocycles. The first-order valence-corrected chi connectivity index (χ1v) is 8.24. The summed E-state index contributed by atoms with van der Waals surface area (Å²) in [7, 11) is 0. The third-order valence-corrected chi connectivity index (χ3v) is 4.24. The summed E-state index contributed by atoms with van der Waals surface area (Å²) in [5.74, 6) is 1.83. The van der Waals surface area contributed by atoms with Gasteiger partial charge in [0.05, 0.1) is 0 Å². The number of para-hydroxylation sites is 1. The molecule has 0 saturated carbocycles. The van der Waals surface area contributed by atoms with Crippen molar-refractivity contribution in [2.24, 2.45) is 5.92 Å². The number of nitrogens with zero attached hydrogens (tertiary/aromatic N) is 1. The maximum absolute atomic E-state index is 12.3. The van der Waals surface area contributed by atoms with E-state index >= 15 is 0 Å². The van der Waals surface area contributed by atoms with Crippen LogP contribution in [0.1, 0.15) is 12.8 Å². The van der Waals surface area contributed by atoms with Crippen molar-refractivity contribution in [2.75, 3.05) is 25.0 Å². The van der Waals surface area contributed by atoms with Crippen molar-refractivity contribution in [3.05, 3.63) is 54.6 Å². The Hall–Kier alpha value is -2.53. The van der Waals surface area contributed by atoms with Crippen LogP contribution in [-0.2, 0) is 0 Å². The van der Waals surface area contributed by atoms with Gasteiger partial charge >= 0.3 is 6.03 Å². The van der Waals surface area contributed by atoms with E-state index in [-0.39, 0.29) is 12.6 Å². The number of amides is 2. The first-order chi connectivity index (χ1) is 11.7. The number of nitrogens with one attached hydrogen (secondary N) is 1. The summed E-state index contributed by atoms with van der Waals surface area (Å²) in [6, 6.07) is 16.8. The minimum atomic E-state index is -0.0943. The largest absolute Gasteiger partial charge is 0.457 e. The van der Waals surface area contributed by atoms with Gasteiger partial charge in [0.2, 0.25) is 0 Å². The molecule has 0 aliphatic carbocycles. The minimum absolute atomic E-state index is 0.0943. The number of ether oxygens (including phenoxy) is 1. The van der Waals surface area contributed by atoms with Crippen LogP contribution in [0.25, 0.3) is 0 Å². The lowest BCUT2D eigenvalue weighted by Crippen LogP contribution is -2.41. The van der Waals surface area contributed by atoms with E-state index in [1.807, 2.05) is 54.6 Å². The predicted octanol–water partition coefficient (Wildman–Crippen LogP) is 3.72. The Morgan fingerprint density at radius 2 is 1.67 bits per heavy atom. The molecule has 1 aliphatic rings. The van der Waals surface area contributed by atoms with E-state index in [9.17, 15) is 4.79 Å². The molecule has 2 N–H and O–H groups in total. The highest BCUT2D eigenvalue weighted by Gasteiger charge is 2.22. The number of rotatable bonds is 4. The Bertz CT molecular complexity index is 650. The second kappa shape index (κ2) is 7.84. The van der Waals surface area contributed by atoms with Crippen LogP contribution < -0.4 is 10.1 Å². The standard InChI is InChI=1S/C19H22N2O3/c22-14-15-10-12-21(13-11-15)19(23)20-16-6-8-18(9-7-16)24-17-4-2-1-3-5-17/h1-9,15,22H,10-14H2,(H,20,23). The lowest BCUT2D eigenvalue weighted by Gasteiger charge is -2.31. The lowest BCUT2D eigenvalue weighted by molar-refractivity contribution is 0.143. The number of aliphatic hydroxyl groups is 1. The van der Waals surface area contributed by atoms with Gasteiger partial charge in [0.15, 0.2) is 0 Å². The molecule has 0 unspecified atom stereocenters. The van der Waals surface area contributed by atoms with Crippen LogP contribution in [0.15, 0.2) is 54.6 Å². The zero-order chi connectivity index (χ0) is 16.8. The SMILES string of the molecule is O=C(Nc1ccc(Oc2ccccc2)cc1)N1CCC(CO)CC1. The van der Waals surface area contributed by atoms with Crippen LogP contribution >= 0.6 is 0 Å². The van der Waals surface area contributed by atoms with Gasteiger partial charge in [0.1, 0.15) is 11.5 Å². The Kier molecular flexibility index (Phi) is 5.33. The average Bonchev–Trinajstić information content (AvgIpc) is 2.64. The molecule has 5 heteroatoms. The van der Waals surface area contributed by atoms with E-state index in [4.69, 9.17) is 9.84 Å². The topological polar surface area (TPSA) is 61.8 Å². The number of carbonyl (C=O) groups is 1. The Morgan fingerprint density at radius 3 is 2.29 bits per heavy atom. The summed E-state index contributed by atoms with van der Waals surface area (Å²) >= 11 is 0. The first-order valence-electron chi connectivity index (χ1n) is 8.24. The molecule has 2 aromatic carbocycles. The normalized spacial score (nSPS) is 15.1. The van der Waals surface area contributed by atoms with Crippen molar-refractivity contribution in [2.45, 2.75) is 12.8 Å². The number of hydrogen-bond donors (Lipinski definition) is 2. The molecule has 24 heavy (non-hydrogen) atoms. The molecular weight excluding hydrogens is 304 g/mol. The maximum atomic E-state index is 12.3. The van der Waals surface area contributed by atoms with Gasteiger partial charge in [-0.05, 0) is 55.2 Å². The van der Waals surface area contributed by atoms with Crippen molar-refractivity contribution in [1.82, 2.24) is 4.90 Å². The van der Waals surface area contributed by atoms with E-state index in [1.54, 1.807) is 4.90 Å². The summed E-state index contributed by atoms with van der Waals surface area (Å²) in [6.07, 6.45) is 1.71. The predicted molar refractivity (Wildman–Crippen MR) is 93.4 cm³/mol.